The van der Waals surface area contributed by atoms with Crippen LogP contribution in [0.2, 0.25) is 0 Å². The van der Waals surface area contributed by atoms with E-state index in [4.69, 9.17) is 4.74 Å². The van der Waals surface area contributed by atoms with Crippen LogP contribution in [0.25, 0.3) is 0 Å². The van der Waals surface area contributed by atoms with Crippen molar-refractivity contribution in [1.29, 1.82) is 0 Å². The smallest absolute Gasteiger partial charge is 0.0666 e. The van der Waals surface area contributed by atoms with Crippen molar-refractivity contribution in [2.75, 3.05) is 13.7 Å². The van der Waals surface area contributed by atoms with Gasteiger partial charge in [-0.05, 0) is 33.2 Å². The van der Waals surface area contributed by atoms with E-state index in [9.17, 15) is 0 Å². The Morgan fingerprint density at radius 1 is 1.00 bits per heavy atom. The molecule has 1 saturated carbocycles. The van der Waals surface area contributed by atoms with Gasteiger partial charge in [-0.25, -0.2) is 0 Å². The third-order valence-electron chi connectivity index (χ3n) is 4.23. The van der Waals surface area contributed by atoms with E-state index >= 15 is 0 Å². The fourth-order valence-electron chi connectivity index (χ4n) is 3.06. The predicted molar refractivity (Wildman–Crippen MR) is 75.7 cm³/mol. The number of nitrogens with one attached hydrogen (secondary N) is 1. The summed E-state index contributed by atoms with van der Waals surface area (Å²) in [5.74, 6) is 0. The topological polar surface area (TPSA) is 21.3 Å². The van der Waals surface area contributed by atoms with Crippen LogP contribution in [0.3, 0.4) is 0 Å². The van der Waals surface area contributed by atoms with E-state index in [1.807, 2.05) is 0 Å². The Morgan fingerprint density at radius 3 is 2.41 bits per heavy atom. The Morgan fingerprint density at radius 2 is 1.76 bits per heavy atom. The van der Waals surface area contributed by atoms with Gasteiger partial charge in [-0.15, -0.1) is 0 Å². The molecule has 0 bridgehead atoms. The third-order valence-corrected chi connectivity index (χ3v) is 6.11. The third kappa shape index (κ3) is 3.87. The van der Waals surface area contributed by atoms with E-state index in [0.717, 1.165) is 17.1 Å². The largest absolute Gasteiger partial charge is 0.377 e. The average Bonchev–Trinajstić information content (AvgIpc) is 2.69. The molecule has 1 aliphatic heterocycles. The van der Waals surface area contributed by atoms with Crippen LogP contribution < -0.4 is 5.32 Å². The first kappa shape index (κ1) is 13.7. The van der Waals surface area contributed by atoms with Crippen LogP contribution in [0.4, 0.5) is 0 Å². The molecule has 17 heavy (non-hydrogen) atoms. The molecular formula is C14H27NOS. The number of ether oxygens (including phenoxy) is 1. The molecular weight excluding hydrogens is 230 g/mol. The molecule has 100 valence electrons. The molecule has 2 nitrogen and oxygen atoms in total. The lowest BCUT2D eigenvalue weighted by Crippen LogP contribution is -2.38. The predicted octanol–water partition coefficient (Wildman–Crippen LogP) is 3.21. The Bertz CT molecular complexity index is 224. The van der Waals surface area contributed by atoms with Gasteiger partial charge in [0.05, 0.1) is 6.10 Å². The number of hydrogen-bond donors (Lipinski definition) is 1. The van der Waals surface area contributed by atoms with Gasteiger partial charge in [0.25, 0.3) is 0 Å². The van der Waals surface area contributed by atoms with Crippen LogP contribution in [0, 0.1) is 0 Å². The molecule has 1 heterocycles. The minimum atomic E-state index is 0.461. The highest BCUT2D eigenvalue weighted by Gasteiger charge is 2.30. The monoisotopic (exact) mass is 257 g/mol. The van der Waals surface area contributed by atoms with Crippen LogP contribution in [-0.4, -0.2) is 36.3 Å². The molecule has 1 aliphatic carbocycles. The fourth-order valence-corrected chi connectivity index (χ4v) is 4.80. The lowest BCUT2D eigenvalue weighted by atomic mass is 9.96. The van der Waals surface area contributed by atoms with Gasteiger partial charge in [-0.2, -0.15) is 11.8 Å². The summed E-state index contributed by atoms with van der Waals surface area (Å²) in [6.45, 7) is 3.21. The molecule has 0 spiro atoms. The van der Waals surface area contributed by atoms with Gasteiger partial charge in [0.15, 0.2) is 0 Å². The van der Waals surface area contributed by atoms with Gasteiger partial charge in [-0.3, -0.25) is 0 Å². The normalized spacial score (nSPS) is 39.9. The van der Waals surface area contributed by atoms with Crippen LogP contribution in [-0.2, 0) is 4.74 Å². The van der Waals surface area contributed by atoms with Crippen LogP contribution >= 0.6 is 11.8 Å². The van der Waals surface area contributed by atoms with Gasteiger partial charge in [0.1, 0.15) is 0 Å². The molecule has 0 radical (unpaired) electrons. The van der Waals surface area contributed by atoms with E-state index < -0.39 is 0 Å². The summed E-state index contributed by atoms with van der Waals surface area (Å²) in [5.41, 5.74) is 0. The summed E-state index contributed by atoms with van der Waals surface area (Å²) in [7, 11) is 2.13. The first-order valence-electron chi connectivity index (χ1n) is 7.25. The molecule has 0 aromatic carbocycles. The standard InChI is InChI=1S/C14H27NOS/c1-11-13(9-10-16-11)17-14-8-6-4-3-5-7-12(14)15-2/h11-15H,3-10H2,1-2H3. The molecule has 0 aromatic heterocycles. The zero-order chi connectivity index (χ0) is 12.1. The highest BCUT2D eigenvalue weighted by Crippen LogP contribution is 2.35. The van der Waals surface area contributed by atoms with Crippen molar-refractivity contribution in [3.05, 3.63) is 0 Å². The average molecular weight is 257 g/mol. The van der Waals surface area contributed by atoms with Crippen LogP contribution in [0.1, 0.15) is 51.9 Å². The molecule has 4 unspecified atom stereocenters. The van der Waals surface area contributed by atoms with Crippen molar-refractivity contribution < 1.29 is 4.74 Å². The summed E-state index contributed by atoms with van der Waals surface area (Å²) in [6.07, 6.45) is 10.1. The van der Waals surface area contributed by atoms with Crippen molar-refractivity contribution in [1.82, 2.24) is 5.32 Å². The molecule has 0 amide bonds. The van der Waals surface area contributed by atoms with Gasteiger partial charge in [0, 0.05) is 23.1 Å². The van der Waals surface area contributed by atoms with Crippen LogP contribution in [0.5, 0.6) is 0 Å². The molecule has 2 rings (SSSR count). The second-order valence-corrected chi connectivity index (χ2v) is 6.95. The van der Waals surface area contributed by atoms with E-state index in [1.165, 1.54) is 44.9 Å². The van der Waals surface area contributed by atoms with Crippen molar-refractivity contribution in [3.8, 4) is 0 Å². The van der Waals surface area contributed by atoms with E-state index in [-0.39, 0.29) is 0 Å². The molecule has 1 saturated heterocycles. The van der Waals surface area contributed by atoms with Gasteiger partial charge < -0.3 is 10.1 Å². The molecule has 2 fully saturated rings. The van der Waals surface area contributed by atoms with Gasteiger partial charge in [0.2, 0.25) is 0 Å². The Labute approximate surface area is 110 Å². The van der Waals surface area contributed by atoms with Gasteiger partial charge >= 0.3 is 0 Å². The minimum absolute atomic E-state index is 0.461. The molecule has 1 N–H and O–H groups in total. The van der Waals surface area contributed by atoms with E-state index in [2.05, 4.69) is 31.1 Å². The van der Waals surface area contributed by atoms with E-state index in [1.54, 1.807) is 0 Å². The Balaban J connectivity index is 1.89. The quantitative estimate of drug-likeness (QED) is 0.839. The zero-order valence-corrected chi connectivity index (χ0v) is 12.1. The minimum Gasteiger partial charge on any atom is -0.377 e. The lowest BCUT2D eigenvalue weighted by molar-refractivity contribution is 0.127. The zero-order valence-electron chi connectivity index (χ0n) is 11.3. The van der Waals surface area contributed by atoms with Crippen LogP contribution in [0.15, 0.2) is 0 Å². The van der Waals surface area contributed by atoms with Crippen molar-refractivity contribution in [3.63, 3.8) is 0 Å². The fraction of sp³-hybridized carbons (Fsp3) is 1.00. The number of thioether (sulfide) groups is 1. The number of hydrogen-bond acceptors (Lipinski definition) is 3. The van der Waals surface area contributed by atoms with Gasteiger partial charge in [-0.1, -0.05) is 25.7 Å². The van der Waals surface area contributed by atoms with Crippen molar-refractivity contribution in [2.45, 2.75) is 74.5 Å². The first-order valence-corrected chi connectivity index (χ1v) is 8.20. The Hall–Kier alpha value is 0.270. The summed E-state index contributed by atoms with van der Waals surface area (Å²) in [6, 6.07) is 0.716. The number of rotatable bonds is 3. The second-order valence-electron chi connectivity index (χ2n) is 5.46. The molecule has 3 heteroatoms. The first-order chi connectivity index (χ1) is 8.31. The highest BCUT2D eigenvalue weighted by molar-refractivity contribution is 8.00. The maximum absolute atomic E-state index is 5.69. The maximum Gasteiger partial charge on any atom is 0.0666 e. The maximum atomic E-state index is 5.69. The summed E-state index contributed by atoms with van der Waals surface area (Å²) >= 11 is 2.20. The van der Waals surface area contributed by atoms with Crippen molar-refractivity contribution in [2.24, 2.45) is 0 Å². The molecule has 2 aliphatic rings. The van der Waals surface area contributed by atoms with Crippen molar-refractivity contribution >= 4 is 11.8 Å². The van der Waals surface area contributed by atoms with E-state index in [0.29, 0.717) is 12.1 Å². The Kier molecular flexibility index (Phi) is 5.64. The summed E-state index contributed by atoms with van der Waals surface area (Å²) in [5, 5.41) is 5.08. The summed E-state index contributed by atoms with van der Waals surface area (Å²) < 4.78 is 5.69. The second kappa shape index (κ2) is 7.01. The highest BCUT2D eigenvalue weighted by atomic mass is 32.2. The molecule has 0 aromatic rings. The lowest BCUT2D eigenvalue weighted by Gasteiger charge is -2.31. The molecule has 4 atom stereocenters. The summed E-state index contributed by atoms with van der Waals surface area (Å²) in [4.78, 5) is 0. The SMILES string of the molecule is CNC1CCCCCCC1SC1CCOC1C.